The standard InChI is InChI=1S/C14H18N4O/c1-9-5-12(6-15-10(9)2)14(19)17-11(3)13-7-16-18(4)8-13/h5-8,11H,1-4H3,(H,17,19)/t11-/m1/s1. The second-order valence-electron chi connectivity index (χ2n) is 4.77. The van der Waals surface area contributed by atoms with E-state index in [2.05, 4.69) is 15.4 Å². The highest BCUT2D eigenvalue weighted by atomic mass is 16.1. The van der Waals surface area contributed by atoms with E-state index in [4.69, 9.17) is 0 Å². The Bertz CT molecular complexity index is 603. The second-order valence-corrected chi connectivity index (χ2v) is 4.77. The van der Waals surface area contributed by atoms with Crippen LogP contribution in [0.25, 0.3) is 0 Å². The highest BCUT2D eigenvalue weighted by molar-refractivity contribution is 5.94. The molecule has 0 aliphatic heterocycles. The Labute approximate surface area is 112 Å². The lowest BCUT2D eigenvalue weighted by Gasteiger charge is -2.12. The number of hydrogen-bond donors (Lipinski definition) is 1. The van der Waals surface area contributed by atoms with Gasteiger partial charge < -0.3 is 5.32 Å². The Kier molecular flexibility index (Phi) is 3.64. The molecule has 0 saturated heterocycles. The van der Waals surface area contributed by atoms with Crippen molar-refractivity contribution in [3.05, 3.63) is 47.0 Å². The van der Waals surface area contributed by atoms with Crippen molar-refractivity contribution in [1.29, 1.82) is 0 Å². The van der Waals surface area contributed by atoms with E-state index in [0.717, 1.165) is 16.8 Å². The minimum Gasteiger partial charge on any atom is -0.345 e. The SMILES string of the molecule is Cc1cc(C(=O)N[C@H](C)c2cnn(C)c2)cnc1C. The molecule has 2 aromatic rings. The van der Waals surface area contributed by atoms with Crippen LogP contribution in [0.15, 0.2) is 24.7 Å². The van der Waals surface area contributed by atoms with E-state index in [9.17, 15) is 4.79 Å². The van der Waals surface area contributed by atoms with Gasteiger partial charge in [-0.1, -0.05) is 0 Å². The zero-order valence-corrected chi connectivity index (χ0v) is 11.6. The minimum absolute atomic E-state index is 0.0807. The molecule has 0 spiro atoms. The Morgan fingerprint density at radius 1 is 1.37 bits per heavy atom. The summed E-state index contributed by atoms with van der Waals surface area (Å²) in [6.45, 7) is 5.81. The summed E-state index contributed by atoms with van der Waals surface area (Å²) in [6.07, 6.45) is 5.25. The number of nitrogens with zero attached hydrogens (tertiary/aromatic N) is 3. The van der Waals surface area contributed by atoms with Crippen molar-refractivity contribution in [3.63, 3.8) is 0 Å². The molecule has 0 unspecified atom stereocenters. The molecular weight excluding hydrogens is 240 g/mol. The maximum absolute atomic E-state index is 12.1. The van der Waals surface area contributed by atoms with Crippen LogP contribution in [-0.4, -0.2) is 20.7 Å². The fraction of sp³-hybridized carbons (Fsp3) is 0.357. The highest BCUT2D eigenvalue weighted by Crippen LogP contribution is 2.12. The average molecular weight is 258 g/mol. The van der Waals surface area contributed by atoms with Crippen molar-refractivity contribution >= 4 is 5.91 Å². The molecule has 1 atom stereocenters. The van der Waals surface area contributed by atoms with Crippen molar-refractivity contribution in [2.24, 2.45) is 7.05 Å². The predicted molar refractivity (Wildman–Crippen MR) is 72.8 cm³/mol. The van der Waals surface area contributed by atoms with Crippen LogP contribution in [0.2, 0.25) is 0 Å². The molecule has 2 heterocycles. The Morgan fingerprint density at radius 3 is 2.68 bits per heavy atom. The molecule has 0 saturated carbocycles. The summed E-state index contributed by atoms with van der Waals surface area (Å²) < 4.78 is 1.72. The van der Waals surface area contributed by atoms with Crippen LogP contribution >= 0.6 is 0 Å². The van der Waals surface area contributed by atoms with Gasteiger partial charge in [0.25, 0.3) is 5.91 Å². The number of nitrogens with one attached hydrogen (secondary N) is 1. The molecule has 0 aliphatic carbocycles. The third-order valence-corrected chi connectivity index (χ3v) is 3.17. The van der Waals surface area contributed by atoms with Gasteiger partial charge in [0.2, 0.25) is 0 Å². The zero-order valence-electron chi connectivity index (χ0n) is 11.6. The van der Waals surface area contributed by atoms with E-state index in [0.29, 0.717) is 5.56 Å². The molecule has 19 heavy (non-hydrogen) atoms. The lowest BCUT2D eigenvalue weighted by Crippen LogP contribution is -2.26. The molecule has 2 aromatic heterocycles. The first-order valence-corrected chi connectivity index (χ1v) is 6.20. The number of pyridine rings is 1. The molecule has 2 rings (SSSR count). The summed E-state index contributed by atoms with van der Waals surface area (Å²) in [4.78, 5) is 16.3. The van der Waals surface area contributed by atoms with Gasteiger partial charge in [0.15, 0.2) is 0 Å². The Balaban J connectivity index is 2.10. The van der Waals surface area contributed by atoms with E-state index < -0.39 is 0 Å². The van der Waals surface area contributed by atoms with Crippen LogP contribution in [0.3, 0.4) is 0 Å². The molecule has 5 heteroatoms. The first-order valence-electron chi connectivity index (χ1n) is 6.20. The second kappa shape index (κ2) is 5.22. The fourth-order valence-corrected chi connectivity index (χ4v) is 1.79. The van der Waals surface area contributed by atoms with Gasteiger partial charge in [0, 0.05) is 30.7 Å². The van der Waals surface area contributed by atoms with Gasteiger partial charge in [-0.25, -0.2) is 0 Å². The first-order chi connectivity index (χ1) is 8.97. The van der Waals surface area contributed by atoms with Crippen LogP contribution in [0.4, 0.5) is 0 Å². The number of carbonyl (C=O) groups is 1. The number of hydrogen-bond acceptors (Lipinski definition) is 3. The predicted octanol–water partition coefficient (Wildman–Crippen LogP) is 1.92. The molecule has 0 fully saturated rings. The maximum Gasteiger partial charge on any atom is 0.253 e. The van der Waals surface area contributed by atoms with Gasteiger partial charge in [-0.05, 0) is 32.4 Å². The van der Waals surface area contributed by atoms with Crippen molar-refractivity contribution in [1.82, 2.24) is 20.1 Å². The van der Waals surface area contributed by atoms with Crippen LogP contribution in [0.1, 0.15) is 40.1 Å². The van der Waals surface area contributed by atoms with E-state index in [1.54, 1.807) is 17.1 Å². The number of amides is 1. The molecule has 0 aliphatic rings. The number of aryl methyl sites for hydroxylation is 3. The van der Waals surface area contributed by atoms with Crippen molar-refractivity contribution in [3.8, 4) is 0 Å². The van der Waals surface area contributed by atoms with Gasteiger partial charge in [-0.2, -0.15) is 5.10 Å². The Hall–Kier alpha value is -2.17. The molecular formula is C14H18N4O. The van der Waals surface area contributed by atoms with Gasteiger partial charge in [-0.3, -0.25) is 14.5 Å². The highest BCUT2D eigenvalue weighted by Gasteiger charge is 2.13. The first kappa shape index (κ1) is 13.3. The van der Waals surface area contributed by atoms with E-state index in [1.165, 1.54) is 0 Å². The van der Waals surface area contributed by atoms with Crippen molar-refractivity contribution in [2.45, 2.75) is 26.8 Å². The van der Waals surface area contributed by atoms with Gasteiger partial charge in [-0.15, -0.1) is 0 Å². The zero-order chi connectivity index (χ0) is 14.0. The molecule has 0 radical (unpaired) electrons. The summed E-state index contributed by atoms with van der Waals surface area (Å²) >= 11 is 0. The Morgan fingerprint density at radius 2 is 2.11 bits per heavy atom. The van der Waals surface area contributed by atoms with Gasteiger partial charge in [0.05, 0.1) is 17.8 Å². The van der Waals surface area contributed by atoms with Crippen molar-refractivity contribution < 1.29 is 4.79 Å². The van der Waals surface area contributed by atoms with E-state index in [-0.39, 0.29) is 11.9 Å². The topological polar surface area (TPSA) is 59.8 Å². The third kappa shape index (κ3) is 2.99. The molecule has 1 amide bonds. The quantitative estimate of drug-likeness (QED) is 0.915. The summed E-state index contributed by atoms with van der Waals surface area (Å²) in [7, 11) is 1.85. The van der Waals surface area contributed by atoms with Crippen LogP contribution in [-0.2, 0) is 7.05 Å². The average Bonchev–Trinajstić information content (AvgIpc) is 2.79. The third-order valence-electron chi connectivity index (χ3n) is 3.17. The largest absolute Gasteiger partial charge is 0.345 e. The molecule has 0 aromatic carbocycles. The monoisotopic (exact) mass is 258 g/mol. The minimum atomic E-state index is -0.119. The number of rotatable bonds is 3. The maximum atomic E-state index is 12.1. The van der Waals surface area contributed by atoms with Crippen LogP contribution in [0.5, 0.6) is 0 Å². The van der Waals surface area contributed by atoms with Crippen molar-refractivity contribution in [2.75, 3.05) is 0 Å². The van der Waals surface area contributed by atoms with E-state index >= 15 is 0 Å². The lowest BCUT2D eigenvalue weighted by molar-refractivity contribution is 0.0939. The summed E-state index contributed by atoms with van der Waals surface area (Å²) in [5.41, 5.74) is 3.52. The lowest BCUT2D eigenvalue weighted by atomic mass is 10.1. The summed E-state index contributed by atoms with van der Waals surface area (Å²) in [6, 6.07) is 1.77. The summed E-state index contributed by atoms with van der Waals surface area (Å²) in [5.74, 6) is -0.119. The normalized spacial score (nSPS) is 12.2. The molecule has 100 valence electrons. The van der Waals surface area contributed by atoms with Crippen LogP contribution in [0, 0.1) is 13.8 Å². The molecule has 0 bridgehead atoms. The number of carbonyl (C=O) groups excluding carboxylic acids is 1. The van der Waals surface area contributed by atoms with Crippen LogP contribution < -0.4 is 5.32 Å². The van der Waals surface area contributed by atoms with Gasteiger partial charge in [0.1, 0.15) is 0 Å². The van der Waals surface area contributed by atoms with Gasteiger partial charge >= 0.3 is 0 Å². The smallest absolute Gasteiger partial charge is 0.253 e. The molecule has 5 nitrogen and oxygen atoms in total. The number of aromatic nitrogens is 3. The van der Waals surface area contributed by atoms with E-state index in [1.807, 2.05) is 40.1 Å². The summed E-state index contributed by atoms with van der Waals surface area (Å²) in [5, 5.41) is 7.04. The fourth-order valence-electron chi connectivity index (χ4n) is 1.79. The molecule has 1 N–H and O–H groups in total.